The minimum Gasteiger partial charge on any atom is -0.326 e. The van der Waals surface area contributed by atoms with Crippen molar-refractivity contribution in [2.75, 3.05) is 0 Å². The number of hydrogen-bond acceptors (Lipinski definition) is 3. The molecule has 2 aromatic carbocycles. The van der Waals surface area contributed by atoms with Crippen LogP contribution < -0.4 is 5.73 Å². The third-order valence-corrected chi connectivity index (χ3v) is 4.75. The Hall–Kier alpha value is -1.72. The van der Waals surface area contributed by atoms with Gasteiger partial charge in [0.15, 0.2) is 9.84 Å². The molecule has 2 rings (SSSR count). The zero-order chi connectivity index (χ0) is 14.8. The first kappa shape index (κ1) is 14.7. The van der Waals surface area contributed by atoms with Gasteiger partial charge in [-0.1, -0.05) is 29.8 Å². The van der Waals surface area contributed by atoms with E-state index in [0.29, 0.717) is 5.56 Å². The molecule has 106 valence electrons. The third kappa shape index (κ3) is 3.23. The highest BCUT2D eigenvalue weighted by Crippen LogP contribution is 2.20. The van der Waals surface area contributed by atoms with E-state index in [2.05, 4.69) is 0 Å². The van der Waals surface area contributed by atoms with Crippen LogP contribution in [-0.4, -0.2) is 8.42 Å². The number of aryl methyl sites for hydroxylation is 1. The van der Waals surface area contributed by atoms with Crippen LogP contribution in [-0.2, 0) is 22.1 Å². The Kier molecular flexibility index (Phi) is 4.20. The highest BCUT2D eigenvalue weighted by Gasteiger charge is 2.17. The number of rotatable bonds is 4. The van der Waals surface area contributed by atoms with E-state index in [1.807, 2.05) is 6.92 Å². The highest BCUT2D eigenvalue weighted by molar-refractivity contribution is 7.90. The minimum absolute atomic E-state index is 0.147. The van der Waals surface area contributed by atoms with E-state index in [-0.39, 0.29) is 22.8 Å². The largest absolute Gasteiger partial charge is 0.326 e. The fraction of sp³-hybridized carbons (Fsp3) is 0.200. The summed E-state index contributed by atoms with van der Waals surface area (Å²) < 4.78 is 38.2. The molecular weight excluding hydrogens is 277 g/mol. The summed E-state index contributed by atoms with van der Waals surface area (Å²) in [5.74, 6) is -0.895. The maximum atomic E-state index is 13.7. The van der Waals surface area contributed by atoms with Crippen molar-refractivity contribution < 1.29 is 12.8 Å². The Morgan fingerprint density at radius 3 is 2.35 bits per heavy atom. The summed E-state index contributed by atoms with van der Waals surface area (Å²) in [6, 6.07) is 10.8. The van der Waals surface area contributed by atoms with Gasteiger partial charge < -0.3 is 5.73 Å². The Labute approximate surface area is 118 Å². The zero-order valence-corrected chi connectivity index (χ0v) is 12.0. The number of halogens is 1. The second-order valence-electron chi connectivity index (χ2n) is 4.70. The summed E-state index contributed by atoms with van der Waals surface area (Å²) >= 11 is 0. The van der Waals surface area contributed by atoms with Crippen LogP contribution in [0.25, 0.3) is 0 Å². The molecule has 0 fully saturated rings. The summed E-state index contributed by atoms with van der Waals surface area (Å²) in [7, 11) is -3.56. The van der Waals surface area contributed by atoms with Crippen LogP contribution in [0, 0.1) is 12.7 Å². The summed E-state index contributed by atoms with van der Waals surface area (Å²) in [6.45, 7) is 2.12. The van der Waals surface area contributed by atoms with Crippen LogP contribution in [0.15, 0.2) is 47.4 Å². The highest BCUT2D eigenvalue weighted by atomic mass is 32.2. The van der Waals surface area contributed by atoms with Crippen LogP contribution >= 0.6 is 0 Å². The Morgan fingerprint density at radius 2 is 1.75 bits per heavy atom. The second-order valence-corrected chi connectivity index (χ2v) is 6.69. The first-order valence-electron chi connectivity index (χ1n) is 6.19. The Bertz CT molecular complexity index is 709. The molecular formula is C15H16FNO2S. The number of nitrogens with two attached hydrogens (primary N) is 1. The molecule has 0 atom stereocenters. The van der Waals surface area contributed by atoms with Gasteiger partial charge in [-0.25, -0.2) is 12.8 Å². The van der Waals surface area contributed by atoms with Crippen molar-refractivity contribution in [3.63, 3.8) is 0 Å². The maximum absolute atomic E-state index is 13.7. The van der Waals surface area contributed by atoms with E-state index in [1.165, 1.54) is 24.3 Å². The molecule has 0 saturated heterocycles. The van der Waals surface area contributed by atoms with Gasteiger partial charge in [-0.3, -0.25) is 0 Å². The van der Waals surface area contributed by atoms with Crippen molar-refractivity contribution in [2.45, 2.75) is 24.1 Å². The van der Waals surface area contributed by atoms with Crippen molar-refractivity contribution in [3.05, 3.63) is 65.0 Å². The molecule has 0 unspecified atom stereocenters. The Balaban J connectivity index is 2.35. The molecule has 0 saturated carbocycles. The predicted octanol–water partition coefficient (Wildman–Crippen LogP) is 2.57. The van der Waals surface area contributed by atoms with E-state index in [1.54, 1.807) is 18.2 Å². The lowest BCUT2D eigenvalue weighted by atomic mass is 10.1. The smallest absolute Gasteiger partial charge is 0.182 e. The molecule has 0 bridgehead atoms. The van der Waals surface area contributed by atoms with Gasteiger partial charge in [0.05, 0.1) is 10.6 Å². The number of hydrogen-bond donors (Lipinski definition) is 1. The van der Waals surface area contributed by atoms with Gasteiger partial charge >= 0.3 is 0 Å². The molecule has 0 heterocycles. The van der Waals surface area contributed by atoms with Crippen molar-refractivity contribution in [1.29, 1.82) is 0 Å². The molecule has 5 heteroatoms. The fourth-order valence-corrected chi connectivity index (χ4v) is 3.25. The molecule has 3 nitrogen and oxygen atoms in total. The molecule has 2 aromatic rings. The Morgan fingerprint density at radius 1 is 1.10 bits per heavy atom. The summed E-state index contributed by atoms with van der Waals surface area (Å²) in [5, 5.41) is 0. The number of sulfone groups is 1. The fourth-order valence-electron chi connectivity index (χ4n) is 1.90. The SMILES string of the molecule is Cc1ccc(S(=O)(=O)Cc2cc(CN)ccc2F)cc1. The van der Waals surface area contributed by atoms with E-state index < -0.39 is 15.7 Å². The summed E-state index contributed by atoms with van der Waals surface area (Å²) in [6.07, 6.45) is 0. The molecule has 0 radical (unpaired) electrons. The van der Waals surface area contributed by atoms with Crippen LogP contribution in [0.4, 0.5) is 4.39 Å². The van der Waals surface area contributed by atoms with Gasteiger partial charge in [-0.2, -0.15) is 0 Å². The average molecular weight is 293 g/mol. The summed E-state index contributed by atoms with van der Waals surface area (Å²) in [5.41, 5.74) is 7.32. The molecule has 0 amide bonds. The van der Waals surface area contributed by atoms with E-state index in [4.69, 9.17) is 5.73 Å². The molecule has 0 aliphatic carbocycles. The van der Waals surface area contributed by atoms with Gasteiger partial charge in [0.2, 0.25) is 0 Å². The van der Waals surface area contributed by atoms with Gasteiger partial charge in [0.1, 0.15) is 5.82 Å². The van der Waals surface area contributed by atoms with Gasteiger partial charge in [-0.05, 0) is 30.7 Å². The second kappa shape index (κ2) is 5.73. The molecule has 0 aromatic heterocycles. The molecule has 20 heavy (non-hydrogen) atoms. The van der Waals surface area contributed by atoms with Crippen molar-refractivity contribution in [1.82, 2.24) is 0 Å². The lowest BCUT2D eigenvalue weighted by Crippen LogP contribution is -2.08. The average Bonchev–Trinajstić information content (AvgIpc) is 2.41. The van der Waals surface area contributed by atoms with Gasteiger partial charge in [0, 0.05) is 12.1 Å². The topological polar surface area (TPSA) is 60.2 Å². The standard InChI is InChI=1S/C15H16FNO2S/c1-11-2-5-14(6-3-11)20(18,19)10-13-8-12(9-17)4-7-15(13)16/h2-8H,9-10,17H2,1H3. The maximum Gasteiger partial charge on any atom is 0.182 e. The van der Waals surface area contributed by atoms with Crippen LogP contribution in [0.3, 0.4) is 0 Å². The third-order valence-electron chi connectivity index (χ3n) is 3.07. The van der Waals surface area contributed by atoms with Crippen LogP contribution in [0.1, 0.15) is 16.7 Å². The molecule has 0 aliphatic rings. The predicted molar refractivity (Wildman–Crippen MR) is 76.4 cm³/mol. The minimum atomic E-state index is -3.56. The normalized spacial score (nSPS) is 11.6. The van der Waals surface area contributed by atoms with E-state index in [0.717, 1.165) is 5.56 Å². The lowest BCUT2D eigenvalue weighted by Gasteiger charge is -2.08. The number of benzene rings is 2. The van der Waals surface area contributed by atoms with Gasteiger partial charge in [-0.15, -0.1) is 0 Å². The zero-order valence-electron chi connectivity index (χ0n) is 11.1. The van der Waals surface area contributed by atoms with Crippen molar-refractivity contribution in [2.24, 2.45) is 5.73 Å². The van der Waals surface area contributed by atoms with Crippen LogP contribution in [0.2, 0.25) is 0 Å². The monoisotopic (exact) mass is 293 g/mol. The van der Waals surface area contributed by atoms with Crippen molar-refractivity contribution in [3.8, 4) is 0 Å². The molecule has 0 spiro atoms. The van der Waals surface area contributed by atoms with E-state index >= 15 is 0 Å². The van der Waals surface area contributed by atoms with E-state index in [9.17, 15) is 12.8 Å². The van der Waals surface area contributed by atoms with Crippen molar-refractivity contribution >= 4 is 9.84 Å². The van der Waals surface area contributed by atoms with Gasteiger partial charge in [0.25, 0.3) is 0 Å². The lowest BCUT2D eigenvalue weighted by molar-refractivity contribution is 0.586. The summed E-state index contributed by atoms with van der Waals surface area (Å²) in [4.78, 5) is 0.195. The first-order chi connectivity index (χ1) is 9.42. The molecule has 0 aliphatic heterocycles. The first-order valence-corrected chi connectivity index (χ1v) is 7.84. The molecule has 2 N–H and O–H groups in total. The van der Waals surface area contributed by atoms with Crippen LogP contribution in [0.5, 0.6) is 0 Å². The quantitative estimate of drug-likeness (QED) is 0.942.